The Kier molecular flexibility index (Phi) is 2.97. The van der Waals surface area contributed by atoms with Crippen molar-refractivity contribution < 1.29 is 9.53 Å². The molecule has 3 nitrogen and oxygen atoms in total. The Morgan fingerprint density at radius 2 is 2.11 bits per heavy atom. The summed E-state index contributed by atoms with van der Waals surface area (Å²) in [6, 6.07) is 0. The van der Waals surface area contributed by atoms with Crippen molar-refractivity contribution in [3.8, 4) is 0 Å². The molecule has 3 rings (SSSR count). The van der Waals surface area contributed by atoms with Crippen LogP contribution in [0.5, 0.6) is 0 Å². The van der Waals surface area contributed by atoms with Crippen molar-refractivity contribution in [2.45, 2.75) is 39.0 Å². The van der Waals surface area contributed by atoms with E-state index in [0.717, 1.165) is 52.0 Å². The molecule has 0 saturated carbocycles. The van der Waals surface area contributed by atoms with Crippen molar-refractivity contribution in [3.63, 3.8) is 0 Å². The van der Waals surface area contributed by atoms with E-state index in [0.29, 0.717) is 11.3 Å². The average Bonchev–Trinajstić information content (AvgIpc) is 2.37. The van der Waals surface area contributed by atoms with Crippen molar-refractivity contribution in [3.05, 3.63) is 12.2 Å². The monoisotopic (exact) mass is 249 g/mol. The number of carbonyl (C=O) groups is 1. The lowest BCUT2D eigenvalue weighted by Gasteiger charge is -2.54. The first-order valence-electron chi connectivity index (χ1n) is 7.16. The molecular formula is C15H23NO2. The minimum absolute atomic E-state index is 0.147. The van der Waals surface area contributed by atoms with Crippen molar-refractivity contribution in [1.82, 2.24) is 4.90 Å². The molecular weight excluding hydrogens is 226 g/mol. The van der Waals surface area contributed by atoms with Crippen LogP contribution in [-0.2, 0) is 9.53 Å². The van der Waals surface area contributed by atoms with Gasteiger partial charge in [0.15, 0.2) is 0 Å². The maximum atomic E-state index is 12.6. The van der Waals surface area contributed by atoms with E-state index in [2.05, 4.69) is 24.0 Å². The molecule has 100 valence electrons. The number of amides is 1. The van der Waals surface area contributed by atoms with Gasteiger partial charge in [0, 0.05) is 25.1 Å². The number of nitrogens with zero attached hydrogens (tertiary/aromatic N) is 1. The first-order valence-corrected chi connectivity index (χ1v) is 7.16. The van der Waals surface area contributed by atoms with Gasteiger partial charge in [0.05, 0.1) is 12.0 Å². The third-order valence-corrected chi connectivity index (χ3v) is 4.86. The molecule has 0 aromatic carbocycles. The summed E-state index contributed by atoms with van der Waals surface area (Å²) in [4.78, 5) is 14.6. The van der Waals surface area contributed by atoms with Gasteiger partial charge in [-0.05, 0) is 32.1 Å². The molecule has 1 unspecified atom stereocenters. The zero-order valence-electron chi connectivity index (χ0n) is 11.3. The van der Waals surface area contributed by atoms with Gasteiger partial charge in [0.2, 0.25) is 5.91 Å². The maximum absolute atomic E-state index is 12.6. The Morgan fingerprint density at radius 3 is 2.72 bits per heavy atom. The second kappa shape index (κ2) is 4.37. The third-order valence-electron chi connectivity index (χ3n) is 4.86. The smallest absolute Gasteiger partial charge is 0.228 e. The molecule has 1 atom stereocenters. The molecule has 2 fully saturated rings. The first kappa shape index (κ1) is 12.2. The van der Waals surface area contributed by atoms with Gasteiger partial charge in [-0.3, -0.25) is 4.79 Å². The second-order valence-corrected chi connectivity index (χ2v) is 6.59. The van der Waals surface area contributed by atoms with Crippen LogP contribution in [-0.4, -0.2) is 37.1 Å². The van der Waals surface area contributed by atoms with Crippen LogP contribution in [0.1, 0.15) is 39.0 Å². The van der Waals surface area contributed by atoms with Crippen molar-refractivity contribution in [2.75, 3.05) is 26.3 Å². The van der Waals surface area contributed by atoms with Gasteiger partial charge >= 0.3 is 0 Å². The molecule has 0 aromatic heterocycles. The summed E-state index contributed by atoms with van der Waals surface area (Å²) in [5.74, 6) is 0.364. The van der Waals surface area contributed by atoms with Crippen LogP contribution in [0.4, 0.5) is 0 Å². The van der Waals surface area contributed by atoms with Gasteiger partial charge in [-0.1, -0.05) is 19.1 Å². The van der Waals surface area contributed by atoms with Crippen LogP contribution in [0.15, 0.2) is 12.2 Å². The van der Waals surface area contributed by atoms with Crippen LogP contribution in [0.3, 0.4) is 0 Å². The SMILES string of the molecule is CC1(C(=O)N2CC3(CCCOC3)C2)CC=CCC1. The lowest BCUT2D eigenvalue weighted by atomic mass is 9.72. The summed E-state index contributed by atoms with van der Waals surface area (Å²) >= 11 is 0. The Labute approximate surface area is 109 Å². The molecule has 0 N–H and O–H groups in total. The molecule has 3 heteroatoms. The molecule has 18 heavy (non-hydrogen) atoms. The van der Waals surface area contributed by atoms with E-state index in [1.54, 1.807) is 0 Å². The molecule has 2 saturated heterocycles. The molecule has 0 aromatic rings. The van der Waals surface area contributed by atoms with Crippen LogP contribution in [0.2, 0.25) is 0 Å². The van der Waals surface area contributed by atoms with Gasteiger partial charge in [-0.15, -0.1) is 0 Å². The lowest BCUT2D eigenvalue weighted by molar-refractivity contribution is -0.164. The van der Waals surface area contributed by atoms with Crippen molar-refractivity contribution in [1.29, 1.82) is 0 Å². The van der Waals surface area contributed by atoms with Crippen LogP contribution in [0.25, 0.3) is 0 Å². The average molecular weight is 249 g/mol. The molecule has 1 amide bonds. The highest BCUT2D eigenvalue weighted by molar-refractivity contribution is 5.83. The quantitative estimate of drug-likeness (QED) is 0.668. The molecule has 0 bridgehead atoms. The number of carbonyl (C=O) groups excluding carboxylic acids is 1. The van der Waals surface area contributed by atoms with Crippen LogP contribution >= 0.6 is 0 Å². The van der Waals surface area contributed by atoms with Gasteiger partial charge < -0.3 is 9.64 Å². The summed E-state index contributed by atoms with van der Waals surface area (Å²) < 4.78 is 5.58. The van der Waals surface area contributed by atoms with Crippen LogP contribution < -0.4 is 0 Å². The topological polar surface area (TPSA) is 29.5 Å². The highest BCUT2D eigenvalue weighted by atomic mass is 16.5. The summed E-state index contributed by atoms with van der Waals surface area (Å²) in [5.41, 5.74) is 0.153. The molecule has 2 heterocycles. The Morgan fingerprint density at radius 1 is 1.28 bits per heavy atom. The Balaban J connectivity index is 1.60. The second-order valence-electron chi connectivity index (χ2n) is 6.59. The van der Waals surface area contributed by atoms with E-state index >= 15 is 0 Å². The molecule has 2 aliphatic heterocycles. The number of likely N-dealkylation sites (tertiary alicyclic amines) is 1. The number of allylic oxidation sites excluding steroid dienone is 2. The van der Waals surface area contributed by atoms with E-state index in [4.69, 9.17) is 4.74 Å². The predicted octanol–water partition coefficient (Wildman–Crippen LogP) is 2.37. The van der Waals surface area contributed by atoms with Crippen LogP contribution in [0, 0.1) is 10.8 Å². The van der Waals surface area contributed by atoms with Crippen molar-refractivity contribution in [2.24, 2.45) is 10.8 Å². The third kappa shape index (κ3) is 1.99. The largest absolute Gasteiger partial charge is 0.381 e. The Hall–Kier alpha value is -0.830. The van der Waals surface area contributed by atoms with Gasteiger partial charge in [-0.2, -0.15) is 0 Å². The Bertz CT molecular complexity index is 363. The van der Waals surface area contributed by atoms with Crippen molar-refractivity contribution >= 4 is 5.91 Å². The number of hydrogen-bond acceptors (Lipinski definition) is 2. The minimum Gasteiger partial charge on any atom is -0.381 e. The first-order chi connectivity index (χ1) is 8.64. The summed E-state index contributed by atoms with van der Waals surface area (Å²) in [6.07, 6.45) is 9.70. The predicted molar refractivity (Wildman–Crippen MR) is 70.2 cm³/mol. The highest BCUT2D eigenvalue weighted by Crippen LogP contribution is 2.42. The fourth-order valence-electron chi connectivity index (χ4n) is 3.61. The fraction of sp³-hybridized carbons (Fsp3) is 0.800. The molecule has 3 aliphatic rings. The summed E-state index contributed by atoms with van der Waals surface area (Å²) in [5, 5.41) is 0. The standard InChI is InChI=1S/C15H23NO2/c1-14(6-3-2-4-7-14)13(17)16-10-15(11-16)8-5-9-18-12-15/h2-3H,4-12H2,1H3. The van der Waals surface area contributed by atoms with Gasteiger partial charge in [0.1, 0.15) is 0 Å². The minimum atomic E-state index is -0.147. The molecule has 1 spiro atoms. The zero-order chi connectivity index (χ0) is 12.6. The highest BCUT2D eigenvalue weighted by Gasteiger charge is 2.49. The van der Waals surface area contributed by atoms with E-state index in [1.165, 1.54) is 6.42 Å². The van der Waals surface area contributed by atoms with E-state index < -0.39 is 0 Å². The summed E-state index contributed by atoms with van der Waals surface area (Å²) in [6.45, 7) is 5.73. The normalized spacial score (nSPS) is 34.4. The van der Waals surface area contributed by atoms with E-state index in [9.17, 15) is 4.79 Å². The van der Waals surface area contributed by atoms with E-state index in [1.807, 2.05) is 0 Å². The van der Waals surface area contributed by atoms with Gasteiger partial charge in [-0.25, -0.2) is 0 Å². The number of rotatable bonds is 1. The fourth-order valence-corrected chi connectivity index (χ4v) is 3.61. The van der Waals surface area contributed by atoms with E-state index in [-0.39, 0.29) is 5.41 Å². The lowest BCUT2D eigenvalue weighted by Crippen LogP contribution is -2.63. The maximum Gasteiger partial charge on any atom is 0.228 e. The zero-order valence-corrected chi connectivity index (χ0v) is 11.3. The number of hydrogen-bond donors (Lipinski definition) is 0. The van der Waals surface area contributed by atoms with Gasteiger partial charge in [0.25, 0.3) is 0 Å². The molecule has 1 aliphatic carbocycles. The number of ether oxygens (including phenoxy) is 1. The molecule has 0 radical (unpaired) electrons. The summed E-state index contributed by atoms with van der Waals surface area (Å²) in [7, 11) is 0.